The first-order chi connectivity index (χ1) is 14.7. The van der Waals surface area contributed by atoms with Crippen LogP contribution in [0.1, 0.15) is 19.3 Å². The molecule has 2 aromatic carbocycles. The third-order valence-electron chi connectivity index (χ3n) is 4.62. The lowest BCUT2D eigenvalue weighted by Crippen LogP contribution is -2.27. The molecule has 0 saturated carbocycles. The molecule has 1 aliphatic heterocycles. The van der Waals surface area contributed by atoms with Gasteiger partial charge in [0, 0.05) is 37.9 Å². The van der Waals surface area contributed by atoms with Crippen LogP contribution in [-0.4, -0.2) is 36.3 Å². The largest absolute Gasteiger partial charge is 0.457 e. The fraction of sp³-hybridized carbons (Fsp3) is 0.261. The van der Waals surface area contributed by atoms with Gasteiger partial charge in [0.2, 0.25) is 5.91 Å². The molecule has 1 aliphatic rings. The van der Waals surface area contributed by atoms with Gasteiger partial charge in [0.15, 0.2) is 0 Å². The number of nitrogens with zero attached hydrogens (tertiary/aromatic N) is 2. The summed E-state index contributed by atoms with van der Waals surface area (Å²) in [5.74, 6) is 1.08. The van der Waals surface area contributed by atoms with Crippen molar-refractivity contribution >= 4 is 17.5 Å². The van der Waals surface area contributed by atoms with Crippen molar-refractivity contribution in [2.75, 3.05) is 25.0 Å². The summed E-state index contributed by atoms with van der Waals surface area (Å²) in [5.41, 5.74) is 0.547. The number of para-hydroxylation sites is 1. The number of hydrogen-bond acceptors (Lipinski definition) is 5. The molecule has 0 bridgehead atoms. The summed E-state index contributed by atoms with van der Waals surface area (Å²) in [7, 11) is 0. The second-order valence-electron chi connectivity index (χ2n) is 6.86. The first-order valence-corrected chi connectivity index (χ1v) is 9.91. The van der Waals surface area contributed by atoms with E-state index >= 15 is 0 Å². The highest BCUT2D eigenvalue weighted by molar-refractivity contribution is 6.06. The topological polar surface area (TPSA) is 94.5 Å². The van der Waals surface area contributed by atoms with Crippen LogP contribution in [0.2, 0.25) is 0 Å². The summed E-state index contributed by atoms with van der Waals surface area (Å²) in [4.78, 5) is 25.7. The van der Waals surface area contributed by atoms with Crippen LogP contribution in [-0.2, 0) is 9.59 Å². The molecule has 7 nitrogen and oxygen atoms in total. The van der Waals surface area contributed by atoms with E-state index < -0.39 is 5.91 Å². The standard InChI is InChI=1S/C23H24N4O3/c24-16-18(17-25-13-5-15-27-14-4-8-22(27)28)23(29)26-19-9-11-21(12-10-19)30-20-6-2-1-3-7-20/h1-3,6-7,9-12,17,25H,4-5,8,13-15H2,(H,26,29)/b18-17-. The molecule has 1 fully saturated rings. The highest BCUT2D eigenvalue weighted by Gasteiger charge is 2.18. The van der Waals surface area contributed by atoms with Gasteiger partial charge in [0.05, 0.1) is 0 Å². The summed E-state index contributed by atoms with van der Waals surface area (Å²) in [6.45, 7) is 2.08. The van der Waals surface area contributed by atoms with Crippen molar-refractivity contribution in [3.8, 4) is 17.6 Å². The zero-order valence-corrected chi connectivity index (χ0v) is 16.6. The minimum absolute atomic E-state index is 0.0168. The Hall–Kier alpha value is -3.79. The Kier molecular flexibility index (Phi) is 7.45. The summed E-state index contributed by atoms with van der Waals surface area (Å²) in [6, 6.07) is 18.2. The second-order valence-corrected chi connectivity index (χ2v) is 6.86. The maximum Gasteiger partial charge on any atom is 0.267 e. The van der Waals surface area contributed by atoms with E-state index in [1.54, 1.807) is 24.3 Å². The molecule has 0 atom stereocenters. The maximum atomic E-state index is 12.3. The molecule has 2 amide bonds. The average molecular weight is 404 g/mol. The summed E-state index contributed by atoms with van der Waals surface area (Å²) < 4.78 is 5.72. The molecule has 1 heterocycles. The number of hydrogen-bond donors (Lipinski definition) is 2. The van der Waals surface area contributed by atoms with Gasteiger partial charge in [-0.15, -0.1) is 0 Å². The Morgan fingerprint density at radius 3 is 2.53 bits per heavy atom. The van der Waals surface area contributed by atoms with Crippen molar-refractivity contribution in [1.82, 2.24) is 10.2 Å². The lowest BCUT2D eigenvalue weighted by Gasteiger charge is -2.14. The van der Waals surface area contributed by atoms with Crippen LogP contribution in [0.4, 0.5) is 5.69 Å². The summed E-state index contributed by atoms with van der Waals surface area (Å²) >= 11 is 0. The number of amides is 2. The van der Waals surface area contributed by atoms with E-state index in [9.17, 15) is 14.9 Å². The summed E-state index contributed by atoms with van der Waals surface area (Å²) in [5, 5.41) is 14.9. The zero-order valence-electron chi connectivity index (χ0n) is 16.6. The molecule has 0 unspecified atom stereocenters. The van der Waals surface area contributed by atoms with E-state index in [2.05, 4.69) is 10.6 Å². The van der Waals surface area contributed by atoms with Gasteiger partial charge < -0.3 is 20.3 Å². The molecule has 0 aromatic heterocycles. The lowest BCUT2D eigenvalue weighted by molar-refractivity contribution is -0.127. The zero-order chi connectivity index (χ0) is 21.2. The van der Waals surface area contributed by atoms with E-state index in [1.165, 1.54) is 6.20 Å². The first kappa shape index (κ1) is 20.9. The summed E-state index contributed by atoms with van der Waals surface area (Å²) in [6.07, 6.45) is 3.72. The minimum Gasteiger partial charge on any atom is -0.457 e. The van der Waals surface area contributed by atoms with Crippen LogP contribution < -0.4 is 15.4 Å². The fourth-order valence-corrected chi connectivity index (χ4v) is 3.06. The molecular weight excluding hydrogens is 380 g/mol. The van der Waals surface area contributed by atoms with E-state index in [0.29, 0.717) is 30.9 Å². The van der Waals surface area contributed by atoms with Gasteiger partial charge in [0.25, 0.3) is 5.91 Å². The maximum absolute atomic E-state index is 12.3. The van der Waals surface area contributed by atoms with Crippen LogP contribution in [0.15, 0.2) is 66.4 Å². The molecule has 154 valence electrons. The number of likely N-dealkylation sites (tertiary alicyclic amines) is 1. The molecule has 30 heavy (non-hydrogen) atoms. The molecule has 0 spiro atoms. The van der Waals surface area contributed by atoms with Gasteiger partial charge in [-0.3, -0.25) is 9.59 Å². The quantitative estimate of drug-likeness (QED) is 0.379. The first-order valence-electron chi connectivity index (χ1n) is 9.91. The Morgan fingerprint density at radius 2 is 1.87 bits per heavy atom. The highest BCUT2D eigenvalue weighted by Crippen LogP contribution is 2.22. The van der Waals surface area contributed by atoms with Crippen LogP contribution in [0.25, 0.3) is 0 Å². The van der Waals surface area contributed by atoms with Gasteiger partial charge in [-0.25, -0.2) is 0 Å². The molecule has 2 aromatic rings. The normalized spacial score (nSPS) is 13.6. The van der Waals surface area contributed by atoms with Crippen molar-refractivity contribution in [1.29, 1.82) is 5.26 Å². The van der Waals surface area contributed by atoms with E-state index in [1.807, 2.05) is 41.3 Å². The monoisotopic (exact) mass is 404 g/mol. The fourth-order valence-electron chi connectivity index (χ4n) is 3.06. The van der Waals surface area contributed by atoms with Gasteiger partial charge in [0.1, 0.15) is 23.1 Å². The molecule has 1 saturated heterocycles. The Balaban J connectivity index is 1.45. The second kappa shape index (κ2) is 10.7. The number of nitrogens with one attached hydrogen (secondary N) is 2. The number of ether oxygens (including phenoxy) is 1. The van der Waals surface area contributed by atoms with Crippen LogP contribution in [0.5, 0.6) is 11.5 Å². The number of rotatable bonds is 9. The minimum atomic E-state index is -0.489. The smallest absolute Gasteiger partial charge is 0.267 e. The third-order valence-corrected chi connectivity index (χ3v) is 4.62. The molecule has 0 aliphatic carbocycles. The number of carbonyl (C=O) groups excluding carboxylic acids is 2. The molecular formula is C23H24N4O3. The lowest BCUT2D eigenvalue weighted by atomic mass is 10.2. The van der Waals surface area contributed by atoms with Gasteiger partial charge in [-0.1, -0.05) is 18.2 Å². The Bertz CT molecular complexity index is 933. The van der Waals surface area contributed by atoms with E-state index in [-0.39, 0.29) is 11.5 Å². The predicted molar refractivity (Wildman–Crippen MR) is 114 cm³/mol. The van der Waals surface area contributed by atoms with Crippen molar-refractivity contribution in [3.05, 3.63) is 66.4 Å². The van der Waals surface area contributed by atoms with Crippen LogP contribution in [0, 0.1) is 11.3 Å². The Labute approximate surface area is 175 Å². The van der Waals surface area contributed by atoms with Gasteiger partial charge >= 0.3 is 0 Å². The van der Waals surface area contributed by atoms with Crippen molar-refractivity contribution in [3.63, 3.8) is 0 Å². The van der Waals surface area contributed by atoms with Gasteiger partial charge in [-0.2, -0.15) is 5.26 Å². The van der Waals surface area contributed by atoms with Gasteiger partial charge in [-0.05, 0) is 49.2 Å². The van der Waals surface area contributed by atoms with E-state index in [4.69, 9.17) is 4.74 Å². The predicted octanol–water partition coefficient (Wildman–Crippen LogP) is 3.43. The average Bonchev–Trinajstić information content (AvgIpc) is 3.17. The highest BCUT2D eigenvalue weighted by atomic mass is 16.5. The molecule has 3 rings (SSSR count). The third kappa shape index (κ3) is 6.11. The number of anilines is 1. The Morgan fingerprint density at radius 1 is 1.13 bits per heavy atom. The molecule has 7 heteroatoms. The van der Waals surface area contributed by atoms with Crippen molar-refractivity contribution in [2.24, 2.45) is 0 Å². The van der Waals surface area contributed by atoms with Crippen molar-refractivity contribution in [2.45, 2.75) is 19.3 Å². The molecule has 0 radical (unpaired) electrons. The van der Waals surface area contributed by atoms with Crippen LogP contribution >= 0.6 is 0 Å². The SMILES string of the molecule is N#C/C(=C/NCCCN1CCCC1=O)C(=O)Nc1ccc(Oc2ccccc2)cc1. The number of nitriles is 1. The van der Waals surface area contributed by atoms with Crippen molar-refractivity contribution < 1.29 is 14.3 Å². The number of benzene rings is 2. The molecule has 2 N–H and O–H groups in total. The number of carbonyl (C=O) groups is 2. The van der Waals surface area contributed by atoms with E-state index in [0.717, 1.165) is 25.1 Å². The van der Waals surface area contributed by atoms with Crippen LogP contribution in [0.3, 0.4) is 0 Å².